The summed E-state index contributed by atoms with van der Waals surface area (Å²) in [7, 11) is -3.86. The molecule has 6 heteroatoms. The number of aromatic nitrogens is 1. The molecule has 0 spiro atoms. The summed E-state index contributed by atoms with van der Waals surface area (Å²) in [6.07, 6.45) is 0. The van der Waals surface area contributed by atoms with Gasteiger partial charge in [-0.2, -0.15) is 0 Å². The lowest BCUT2D eigenvalue weighted by molar-refractivity contribution is 0.584. The number of rotatable bonds is 3. The van der Waals surface area contributed by atoms with Crippen LogP contribution in [0.3, 0.4) is 0 Å². The summed E-state index contributed by atoms with van der Waals surface area (Å²) in [5.74, 6) is -0.595. The Balaban J connectivity index is 2.33. The Hall–Kier alpha value is -2.18. The van der Waals surface area contributed by atoms with Crippen LogP contribution in [-0.2, 0) is 10.0 Å². The van der Waals surface area contributed by atoms with Crippen LogP contribution in [0.4, 0.5) is 4.39 Å². The molecule has 0 bridgehead atoms. The minimum absolute atomic E-state index is 0.0516. The topological polar surface area (TPSA) is 65.1 Å². The summed E-state index contributed by atoms with van der Waals surface area (Å²) in [4.78, 5) is 0.122. The molecule has 3 rings (SSSR count). The van der Waals surface area contributed by atoms with E-state index in [9.17, 15) is 12.8 Å². The van der Waals surface area contributed by atoms with Gasteiger partial charge in [0, 0.05) is 17.1 Å². The van der Waals surface area contributed by atoms with Crippen molar-refractivity contribution in [3.05, 3.63) is 65.6 Å². The molecule has 2 N–H and O–H groups in total. The lowest BCUT2D eigenvalue weighted by Gasteiger charge is -2.11. The lowest BCUT2D eigenvalue weighted by atomic mass is 10.1. The van der Waals surface area contributed by atoms with Crippen molar-refractivity contribution in [2.45, 2.75) is 24.8 Å². The Labute approximate surface area is 134 Å². The van der Waals surface area contributed by atoms with E-state index in [0.29, 0.717) is 16.6 Å². The standard InChI is InChI=1S/C17H17FN2O2S/c1-11-8-14-9-13(12(2)19)10-16(18)17(14)20(11)23(21,22)15-6-4-3-5-7-15/h3-10,12H,19H2,1-2H3. The van der Waals surface area contributed by atoms with Gasteiger partial charge in [0.1, 0.15) is 11.3 Å². The summed E-state index contributed by atoms with van der Waals surface area (Å²) in [6.45, 7) is 3.40. The first-order chi connectivity index (χ1) is 10.8. The maximum absolute atomic E-state index is 14.6. The number of halogens is 1. The second kappa shape index (κ2) is 5.47. The SMILES string of the molecule is Cc1cc2cc(C(C)N)cc(F)c2n1S(=O)(=O)c1ccccc1. The summed E-state index contributed by atoms with van der Waals surface area (Å²) in [5, 5.41) is 0.523. The van der Waals surface area contributed by atoms with Crippen LogP contribution in [0, 0.1) is 12.7 Å². The van der Waals surface area contributed by atoms with Crippen molar-refractivity contribution >= 4 is 20.9 Å². The molecule has 0 aliphatic carbocycles. The van der Waals surface area contributed by atoms with Gasteiger partial charge in [0.05, 0.1) is 4.90 Å². The molecule has 1 unspecified atom stereocenters. The van der Waals surface area contributed by atoms with Crippen LogP contribution in [0.25, 0.3) is 10.9 Å². The van der Waals surface area contributed by atoms with Crippen LogP contribution in [-0.4, -0.2) is 12.4 Å². The average Bonchev–Trinajstić information content (AvgIpc) is 2.85. The van der Waals surface area contributed by atoms with Crippen LogP contribution in [0.5, 0.6) is 0 Å². The minimum atomic E-state index is -3.86. The molecule has 0 radical (unpaired) electrons. The summed E-state index contributed by atoms with van der Waals surface area (Å²) < 4.78 is 41.4. The zero-order valence-electron chi connectivity index (χ0n) is 12.8. The quantitative estimate of drug-likeness (QED) is 0.800. The molecule has 0 aliphatic rings. The van der Waals surface area contributed by atoms with E-state index >= 15 is 0 Å². The largest absolute Gasteiger partial charge is 0.324 e. The summed E-state index contributed by atoms with van der Waals surface area (Å²) in [6, 6.07) is 12.3. The Kier molecular flexibility index (Phi) is 3.74. The predicted octanol–water partition coefficient (Wildman–Crippen LogP) is 3.35. The molecule has 1 aromatic heterocycles. The van der Waals surface area contributed by atoms with Crippen molar-refractivity contribution in [2.75, 3.05) is 0 Å². The van der Waals surface area contributed by atoms with Gasteiger partial charge in [-0.15, -0.1) is 0 Å². The van der Waals surface area contributed by atoms with Crippen molar-refractivity contribution in [1.82, 2.24) is 3.97 Å². The molecule has 23 heavy (non-hydrogen) atoms. The van der Waals surface area contributed by atoms with Gasteiger partial charge in [-0.1, -0.05) is 18.2 Å². The number of hydrogen-bond donors (Lipinski definition) is 1. The van der Waals surface area contributed by atoms with Crippen molar-refractivity contribution in [3.63, 3.8) is 0 Å². The summed E-state index contributed by atoms with van der Waals surface area (Å²) >= 11 is 0. The van der Waals surface area contributed by atoms with E-state index in [1.54, 1.807) is 44.2 Å². The normalized spacial score (nSPS) is 13.4. The number of fused-ring (bicyclic) bond motifs is 1. The monoisotopic (exact) mass is 332 g/mol. The van der Waals surface area contributed by atoms with E-state index in [2.05, 4.69) is 0 Å². The number of nitrogens with two attached hydrogens (primary N) is 1. The third kappa shape index (κ3) is 2.54. The van der Waals surface area contributed by atoms with Crippen LogP contribution in [0.2, 0.25) is 0 Å². The Morgan fingerprint density at radius 3 is 2.39 bits per heavy atom. The van der Waals surface area contributed by atoms with E-state index in [4.69, 9.17) is 5.73 Å². The fourth-order valence-corrected chi connectivity index (χ4v) is 4.27. The van der Waals surface area contributed by atoms with Gasteiger partial charge >= 0.3 is 0 Å². The predicted molar refractivity (Wildman–Crippen MR) is 88.3 cm³/mol. The second-order valence-electron chi connectivity index (χ2n) is 5.60. The first-order valence-corrected chi connectivity index (χ1v) is 8.64. The van der Waals surface area contributed by atoms with Crippen molar-refractivity contribution in [3.8, 4) is 0 Å². The van der Waals surface area contributed by atoms with Crippen LogP contribution >= 0.6 is 0 Å². The van der Waals surface area contributed by atoms with Gasteiger partial charge in [-0.05, 0) is 49.7 Å². The fourth-order valence-electron chi connectivity index (χ4n) is 2.70. The first-order valence-electron chi connectivity index (χ1n) is 7.20. The molecule has 120 valence electrons. The molecule has 4 nitrogen and oxygen atoms in total. The number of nitrogens with zero attached hydrogens (tertiary/aromatic N) is 1. The van der Waals surface area contributed by atoms with Crippen LogP contribution in [0.1, 0.15) is 24.2 Å². The second-order valence-corrected chi connectivity index (χ2v) is 7.38. The average molecular weight is 332 g/mol. The molecule has 1 heterocycles. The number of benzene rings is 2. The van der Waals surface area contributed by atoms with E-state index in [1.165, 1.54) is 18.2 Å². The highest BCUT2D eigenvalue weighted by Crippen LogP contribution is 2.29. The molecule has 2 aromatic carbocycles. The zero-order chi connectivity index (χ0) is 16.8. The van der Waals surface area contributed by atoms with Gasteiger partial charge in [-0.3, -0.25) is 0 Å². The molecule has 3 aromatic rings. The van der Waals surface area contributed by atoms with Gasteiger partial charge in [0.2, 0.25) is 0 Å². The van der Waals surface area contributed by atoms with Crippen LogP contribution < -0.4 is 5.73 Å². The van der Waals surface area contributed by atoms with Crippen molar-refractivity contribution < 1.29 is 12.8 Å². The zero-order valence-corrected chi connectivity index (χ0v) is 13.6. The van der Waals surface area contributed by atoms with Gasteiger partial charge in [0.15, 0.2) is 0 Å². The molecular formula is C17H17FN2O2S. The minimum Gasteiger partial charge on any atom is -0.324 e. The van der Waals surface area contributed by atoms with Crippen molar-refractivity contribution in [1.29, 1.82) is 0 Å². The Bertz CT molecular complexity index is 977. The summed E-state index contributed by atoms with van der Waals surface area (Å²) in [5.41, 5.74) is 6.93. The number of hydrogen-bond acceptors (Lipinski definition) is 3. The fraction of sp³-hybridized carbons (Fsp3) is 0.176. The highest BCUT2D eigenvalue weighted by Gasteiger charge is 2.23. The molecule has 1 atom stereocenters. The van der Waals surface area contributed by atoms with E-state index in [0.717, 1.165) is 3.97 Å². The molecule has 0 saturated heterocycles. The Morgan fingerprint density at radius 2 is 1.78 bits per heavy atom. The van der Waals surface area contributed by atoms with Gasteiger partial charge in [0.25, 0.3) is 10.0 Å². The highest BCUT2D eigenvalue weighted by atomic mass is 32.2. The highest BCUT2D eigenvalue weighted by molar-refractivity contribution is 7.90. The molecule has 0 saturated carbocycles. The maximum atomic E-state index is 14.6. The molecule has 0 aliphatic heterocycles. The van der Waals surface area contributed by atoms with Gasteiger partial charge < -0.3 is 5.73 Å². The lowest BCUT2D eigenvalue weighted by Crippen LogP contribution is -2.15. The third-order valence-corrected chi connectivity index (χ3v) is 5.63. The third-order valence-electron chi connectivity index (χ3n) is 3.81. The molecule has 0 fully saturated rings. The van der Waals surface area contributed by atoms with E-state index in [1.807, 2.05) is 0 Å². The van der Waals surface area contributed by atoms with Crippen LogP contribution in [0.15, 0.2) is 53.4 Å². The van der Waals surface area contributed by atoms with E-state index < -0.39 is 15.8 Å². The molecular weight excluding hydrogens is 315 g/mol. The van der Waals surface area contributed by atoms with E-state index in [-0.39, 0.29) is 16.5 Å². The maximum Gasteiger partial charge on any atom is 0.268 e. The molecule has 0 amide bonds. The Morgan fingerprint density at radius 1 is 1.13 bits per heavy atom. The van der Waals surface area contributed by atoms with Crippen molar-refractivity contribution in [2.24, 2.45) is 5.73 Å². The first kappa shape index (κ1) is 15.7. The van der Waals surface area contributed by atoms with Gasteiger partial charge in [-0.25, -0.2) is 16.8 Å². The number of aryl methyl sites for hydroxylation is 1. The smallest absolute Gasteiger partial charge is 0.268 e.